The van der Waals surface area contributed by atoms with Crippen LogP contribution in [0.5, 0.6) is 0 Å². The van der Waals surface area contributed by atoms with E-state index >= 15 is 0 Å². The minimum Gasteiger partial charge on any atom is -0.400 e. The van der Waals surface area contributed by atoms with Gasteiger partial charge in [-0.3, -0.25) is 0 Å². The molecule has 0 saturated carbocycles. The molecule has 0 saturated heterocycles. The van der Waals surface area contributed by atoms with Gasteiger partial charge in [0.2, 0.25) is 6.08 Å². The van der Waals surface area contributed by atoms with Crippen molar-refractivity contribution in [3.05, 3.63) is 0 Å². The Bertz CT molecular complexity index is 171. The van der Waals surface area contributed by atoms with E-state index in [0.717, 1.165) is 6.42 Å². The van der Waals surface area contributed by atoms with Gasteiger partial charge in [-0.1, -0.05) is 0 Å². The molecule has 0 heterocycles. The third-order valence-corrected chi connectivity index (χ3v) is 4.69. The number of isocyanates is 1. The summed E-state index contributed by atoms with van der Waals surface area (Å²) in [6.07, 6.45) is 2.21. The van der Waals surface area contributed by atoms with E-state index in [-0.39, 0.29) is 5.54 Å². The maximum absolute atomic E-state index is 9.81. The van der Waals surface area contributed by atoms with Crippen LogP contribution < -0.4 is 0 Å². The number of alkyl halides is 1. The summed E-state index contributed by atoms with van der Waals surface area (Å²) in [6, 6.07) is 0. The van der Waals surface area contributed by atoms with Crippen molar-refractivity contribution < 1.29 is 13.6 Å². The average Bonchev–Trinajstić information content (AvgIpc) is 2.17. The van der Waals surface area contributed by atoms with Crippen molar-refractivity contribution in [1.29, 1.82) is 0 Å². The fraction of sp³-hybridized carbons (Fsp3) is 0.857. The van der Waals surface area contributed by atoms with E-state index in [4.69, 9.17) is 20.5 Å². The highest BCUT2D eigenvalue weighted by Crippen LogP contribution is 2.18. The van der Waals surface area contributed by atoms with Crippen LogP contribution in [-0.2, 0) is 13.6 Å². The second kappa shape index (κ2) is 8.41. The Morgan fingerprint density at radius 3 is 2.54 bits per heavy atom. The number of aliphatic imine (C=N–C) groups is 1. The summed E-state index contributed by atoms with van der Waals surface area (Å²) in [4.78, 5) is 13.3. The molecule has 0 aliphatic carbocycles. The lowest BCUT2D eigenvalue weighted by molar-refractivity contribution is 0.266. The molecule has 1 unspecified atom stereocenters. The molecule has 0 aliphatic rings. The maximum Gasteiger partial charge on any atom is 0.325 e. The Morgan fingerprint density at radius 2 is 2.15 bits per heavy atom. The molecule has 0 aromatic carbocycles. The summed E-state index contributed by atoms with van der Waals surface area (Å²) < 4.78 is 10.4. The largest absolute Gasteiger partial charge is 0.400 e. The normalized spacial score (nSPS) is 12.6. The fourth-order valence-corrected chi connectivity index (χ4v) is 3.16. The molecule has 0 spiro atoms. The van der Waals surface area contributed by atoms with Crippen LogP contribution >= 0.6 is 11.6 Å². The SMILES string of the molecule is CO[SiH](OC)C(CCl)CCN=C=O. The van der Waals surface area contributed by atoms with Crippen molar-refractivity contribution in [2.75, 3.05) is 26.6 Å². The number of hydrogen-bond donors (Lipinski definition) is 0. The van der Waals surface area contributed by atoms with Gasteiger partial charge in [-0.25, -0.2) is 9.79 Å². The van der Waals surface area contributed by atoms with E-state index in [0.29, 0.717) is 12.4 Å². The van der Waals surface area contributed by atoms with Gasteiger partial charge in [0.05, 0.1) is 6.54 Å². The smallest absolute Gasteiger partial charge is 0.325 e. The van der Waals surface area contributed by atoms with Crippen molar-refractivity contribution >= 4 is 27.0 Å². The standard InChI is InChI=1S/C7H14ClNO3Si/c1-11-13(12-2)7(5-8)3-4-9-6-10/h7,13H,3-5H2,1-2H3. The molecule has 76 valence electrons. The van der Waals surface area contributed by atoms with E-state index in [1.54, 1.807) is 14.2 Å². The van der Waals surface area contributed by atoms with Gasteiger partial charge in [0.25, 0.3) is 0 Å². The topological polar surface area (TPSA) is 47.9 Å². The first-order valence-electron chi connectivity index (χ1n) is 3.95. The van der Waals surface area contributed by atoms with Crippen molar-refractivity contribution in [3.63, 3.8) is 0 Å². The average molecular weight is 224 g/mol. The number of carbonyl (C=O) groups excluding carboxylic acids is 1. The zero-order valence-corrected chi connectivity index (χ0v) is 9.74. The Balaban J connectivity index is 3.91. The zero-order chi connectivity index (χ0) is 10.1. The first-order valence-corrected chi connectivity index (χ1v) is 6.09. The van der Waals surface area contributed by atoms with E-state index < -0.39 is 9.28 Å². The van der Waals surface area contributed by atoms with Gasteiger partial charge in [-0.15, -0.1) is 11.6 Å². The van der Waals surface area contributed by atoms with E-state index in [1.165, 1.54) is 6.08 Å². The number of rotatable bonds is 7. The number of nitrogens with zero attached hydrogens (tertiary/aromatic N) is 1. The minimum absolute atomic E-state index is 0.189. The molecule has 0 fully saturated rings. The molecular formula is C7H14ClNO3Si. The van der Waals surface area contributed by atoms with Gasteiger partial charge < -0.3 is 8.85 Å². The van der Waals surface area contributed by atoms with Crippen LogP contribution in [0.4, 0.5) is 0 Å². The fourth-order valence-electron chi connectivity index (χ4n) is 1.04. The highest BCUT2D eigenvalue weighted by molar-refractivity contribution is 6.48. The molecule has 0 aliphatic heterocycles. The van der Waals surface area contributed by atoms with Gasteiger partial charge in [-0.05, 0) is 6.42 Å². The summed E-state index contributed by atoms with van der Waals surface area (Å²) >= 11 is 5.73. The van der Waals surface area contributed by atoms with Gasteiger partial charge in [0.1, 0.15) is 0 Å². The third-order valence-electron chi connectivity index (χ3n) is 1.72. The molecule has 0 amide bonds. The predicted octanol–water partition coefficient (Wildman–Crippen LogP) is 0.835. The first kappa shape index (κ1) is 12.8. The van der Waals surface area contributed by atoms with Crippen molar-refractivity contribution in [2.24, 2.45) is 4.99 Å². The molecule has 0 bridgehead atoms. The van der Waals surface area contributed by atoms with Crippen LogP contribution in [0.2, 0.25) is 5.54 Å². The molecule has 0 aromatic rings. The third kappa shape index (κ3) is 5.18. The van der Waals surface area contributed by atoms with Crippen molar-refractivity contribution in [2.45, 2.75) is 12.0 Å². The van der Waals surface area contributed by atoms with Gasteiger partial charge in [0.15, 0.2) is 0 Å². The summed E-state index contributed by atoms with van der Waals surface area (Å²) in [5.74, 6) is 0.479. The van der Waals surface area contributed by atoms with Gasteiger partial charge in [-0.2, -0.15) is 0 Å². The van der Waals surface area contributed by atoms with E-state index in [1.807, 2.05) is 0 Å². The molecule has 0 radical (unpaired) electrons. The monoisotopic (exact) mass is 223 g/mol. The minimum atomic E-state index is -1.67. The molecule has 6 heteroatoms. The first-order chi connectivity index (χ1) is 6.29. The molecule has 1 atom stereocenters. The lowest BCUT2D eigenvalue weighted by atomic mass is 10.3. The summed E-state index contributed by atoms with van der Waals surface area (Å²) in [6.45, 7) is 0.442. The van der Waals surface area contributed by atoms with Crippen LogP contribution in [0.1, 0.15) is 6.42 Å². The second-order valence-corrected chi connectivity index (χ2v) is 5.45. The molecule has 4 nitrogen and oxygen atoms in total. The van der Waals surface area contributed by atoms with Gasteiger partial charge >= 0.3 is 9.28 Å². The number of hydrogen-bond acceptors (Lipinski definition) is 4. The van der Waals surface area contributed by atoms with Crippen molar-refractivity contribution in [1.82, 2.24) is 0 Å². The lowest BCUT2D eigenvalue weighted by Gasteiger charge is -2.19. The van der Waals surface area contributed by atoms with E-state index in [9.17, 15) is 4.79 Å². The van der Waals surface area contributed by atoms with E-state index in [2.05, 4.69) is 4.99 Å². The van der Waals surface area contributed by atoms with Crippen LogP contribution in [-0.4, -0.2) is 42.0 Å². The molecule has 13 heavy (non-hydrogen) atoms. The summed E-state index contributed by atoms with van der Waals surface area (Å²) in [5.41, 5.74) is 0.189. The lowest BCUT2D eigenvalue weighted by Crippen LogP contribution is -2.27. The maximum atomic E-state index is 9.81. The predicted molar refractivity (Wildman–Crippen MR) is 53.2 cm³/mol. The molecule has 0 aromatic heterocycles. The van der Waals surface area contributed by atoms with Crippen LogP contribution in [0.3, 0.4) is 0 Å². The Labute approximate surface area is 84.7 Å². The number of halogens is 1. The molecule has 0 rings (SSSR count). The highest BCUT2D eigenvalue weighted by Gasteiger charge is 2.22. The summed E-state index contributed by atoms with van der Waals surface area (Å²) in [5, 5.41) is 0. The second-order valence-electron chi connectivity index (χ2n) is 2.52. The Hall–Kier alpha value is -0.193. The highest BCUT2D eigenvalue weighted by atomic mass is 35.5. The quantitative estimate of drug-likeness (QED) is 0.278. The summed E-state index contributed by atoms with van der Waals surface area (Å²) in [7, 11) is 1.56. The van der Waals surface area contributed by atoms with Crippen LogP contribution in [0.15, 0.2) is 4.99 Å². The zero-order valence-electron chi connectivity index (χ0n) is 7.83. The van der Waals surface area contributed by atoms with Crippen LogP contribution in [0, 0.1) is 0 Å². The molecule has 0 N–H and O–H groups in total. The van der Waals surface area contributed by atoms with Crippen molar-refractivity contribution in [3.8, 4) is 0 Å². The molecular weight excluding hydrogens is 210 g/mol. The Kier molecular flexibility index (Phi) is 8.28. The Morgan fingerprint density at radius 1 is 1.54 bits per heavy atom. The van der Waals surface area contributed by atoms with Gasteiger partial charge in [0, 0.05) is 25.6 Å². The van der Waals surface area contributed by atoms with Crippen LogP contribution in [0.25, 0.3) is 0 Å².